The molecule has 1 amide bonds. The van der Waals surface area contributed by atoms with Crippen LogP contribution in [0, 0.1) is 17.1 Å². The Morgan fingerprint density at radius 2 is 2.03 bits per heavy atom. The highest BCUT2D eigenvalue weighted by molar-refractivity contribution is 6.30. The number of rotatable bonds is 6. The van der Waals surface area contributed by atoms with Crippen molar-refractivity contribution in [3.05, 3.63) is 89.1 Å². The molecule has 1 N–H and O–H groups in total. The molecule has 0 saturated carbocycles. The average molecular weight is 437 g/mol. The molecule has 31 heavy (non-hydrogen) atoms. The third kappa shape index (κ3) is 4.39. The number of amides is 1. The van der Waals surface area contributed by atoms with Crippen molar-refractivity contribution < 1.29 is 13.9 Å². The van der Waals surface area contributed by atoms with Gasteiger partial charge in [-0.3, -0.25) is 4.79 Å². The molecule has 0 fully saturated rings. The zero-order valence-electron chi connectivity index (χ0n) is 15.9. The third-order valence-corrected chi connectivity index (χ3v) is 4.54. The molecule has 2 aromatic heterocycles. The molecule has 0 atom stereocenters. The number of anilines is 1. The molecule has 154 valence electrons. The molecule has 0 saturated heterocycles. The molecule has 0 aliphatic rings. The summed E-state index contributed by atoms with van der Waals surface area (Å²) in [5.41, 5.74) is 1.02. The summed E-state index contributed by atoms with van der Waals surface area (Å²) in [5.74, 6) is -0.458. The number of nitrogens with one attached hydrogen (secondary N) is 1. The van der Waals surface area contributed by atoms with Gasteiger partial charge in [-0.05, 0) is 30.3 Å². The first kappa shape index (κ1) is 20.1. The van der Waals surface area contributed by atoms with E-state index >= 15 is 0 Å². The van der Waals surface area contributed by atoms with E-state index in [-0.39, 0.29) is 28.8 Å². The van der Waals surface area contributed by atoms with E-state index in [0.717, 1.165) is 0 Å². The number of para-hydroxylation sites is 1. The summed E-state index contributed by atoms with van der Waals surface area (Å²) in [6.07, 6.45) is 2.93. The van der Waals surface area contributed by atoms with E-state index < -0.39 is 11.7 Å². The van der Waals surface area contributed by atoms with Crippen LogP contribution in [0.1, 0.15) is 16.1 Å². The number of hydrogen-bond acceptors (Lipinski definition) is 5. The first-order valence-corrected chi connectivity index (χ1v) is 9.39. The maximum atomic E-state index is 13.2. The van der Waals surface area contributed by atoms with Crippen LogP contribution in [0.3, 0.4) is 0 Å². The van der Waals surface area contributed by atoms with Gasteiger partial charge in [0.05, 0.1) is 16.9 Å². The predicted octanol–water partition coefficient (Wildman–Crippen LogP) is 4.02. The van der Waals surface area contributed by atoms with Crippen LogP contribution >= 0.6 is 11.6 Å². The molecule has 8 nitrogen and oxygen atoms in total. The summed E-state index contributed by atoms with van der Waals surface area (Å²) in [6, 6.07) is 16.6. The van der Waals surface area contributed by atoms with Crippen LogP contribution in [0.15, 0.2) is 67.0 Å². The van der Waals surface area contributed by atoms with Gasteiger partial charge < -0.3 is 10.1 Å². The van der Waals surface area contributed by atoms with Gasteiger partial charge in [-0.2, -0.15) is 15.5 Å². The second-order valence-electron chi connectivity index (χ2n) is 6.31. The Balaban J connectivity index is 1.48. The van der Waals surface area contributed by atoms with Crippen molar-refractivity contribution in [2.24, 2.45) is 0 Å². The lowest BCUT2D eigenvalue weighted by atomic mass is 10.3. The first-order valence-electron chi connectivity index (χ1n) is 9.01. The molecule has 0 bridgehead atoms. The van der Waals surface area contributed by atoms with Crippen molar-refractivity contribution in [1.29, 1.82) is 5.26 Å². The molecule has 0 radical (unpaired) electrons. The summed E-state index contributed by atoms with van der Waals surface area (Å²) in [4.78, 5) is 12.7. The Kier molecular flexibility index (Phi) is 5.64. The van der Waals surface area contributed by atoms with E-state index in [9.17, 15) is 14.4 Å². The lowest BCUT2D eigenvalue weighted by Crippen LogP contribution is -2.17. The Hall–Kier alpha value is -4.16. The number of halogens is 2. The van der Waals surface area contributed by atoms with Crippen molar-refractivity contribution in [1.82, 2.24) is 19.6 Å². The Morgan fingerprint density at radius 3 is 2.77 bits per heavy atom. The van der Waals surface area contributed by atoms with Gasteiger partial charge in [0, 0.05) is 12.3 Å². The lowest BCUT2D eigenvalue weighted by molar-refractivity contribution is 0.101. The fraction of sp³-hybridized carbons (Fsp3) is 0.0476. The number of nitriles is 1. The monoisotopic (exact) mass is 436 g/mol. The van der Waals surface area contributed by atoms with Crippen LogP contribution in [-0.2, 0) is 6.73 Å². The number of nitrogens with zero attached hydrogens (tertiary/aromatic N) is 5. The van der Waals surface area contributed by atoms with E-state index in [1.54, 1.807) is 18.3 Å². The van der Waals surface area contributed by atoms with Gasteiger partial charge in [0.25, 0.3) is 5.91 Å². The van der Waals surface area contributed by atoms with Crippen molar-refractivity contribution in [3.63, 3.8) is 0 Å². The van der Waals surface area contributed by atoms with Crippen molar-refractivity contribution in [3.8, 4) is 17.5 Å². The Labute approximate surface area is 181 Å². The number of hydrogen-bond donors (Lipinski definition) is 1. The van der Waals surface area contributed by atoms with Gasteiger partial charge in [-0.15, -0.1) is 0 Å². The zero-order valence-corrected chi connectivity index (χ0v) is 16.6. The number of carbonyl (C=O) groups is 1. The maximum absolute atomic E-state index is 13.2. The molecule has 10 heteroatoms. The molecular formula is C21H14ClFN6O2. The van der Waals surface area contributed by atoms with E-state index in [1.807, 2.05) is 24.3 Å². The Bertz CT molecular complexity index is 1280. The highest BCUT2D eigenvalue weighted by Crippen LogP contribution is 2.22. The number of ether oxygens (including phenoxy) is 1. The van der Waals surface area contributed by atoms with Crippen LogP contribution in [0.4, 0.5) is 10.2 Å². The van der Waals surface area contributed by atoms with Crippen LogP contribution < -0.4 is 10.1 Å². The zero-order chi connectivity index (χ0) is 21.8. The minimum absolute atomic E-state index is 0.0133. The van der Waals surface area contributed by atoms with E-state index in [4.69, 9.17) is 16.3 Å². The Morgan fingerprint density at radius 1 is 1.23 bits per heavy atom. The molecule has 0 spiro atoms. The quantitative estimate of drug-likeness (QED) is 0.492. The first-order chi connectivity index (χ1) is 15.0. The molecule has 2 aromatic carbocycles. The molecule has 0 unspecified atom stereocenters. The van der Waals surface area contributed by atoms with E-state index in [2.05, 4.69) is 15.5 Å². The number of aromatic nitrogens is 4. The maximum Gasteiger partial charge on any atom is 0.277 e. The van der Waals surface area contributed by atoms with Gasteiger partial charge in [0.2, 0.25) is 0 Å². The molecule has 0 aliphatic heterocycles. The summed E-state index contributed by atoms with van der Waals surface area (Å²) >= 11 is 5.73. The van der Waals surface area contributed by atoms with Gasteiger partial charge in [-0.1, -0.05) is 29.8 Å². The van der Waals surface area contributed by atoms with Crippen molar-refractivity contribution in [2.45, 2.75) is 6.73 Å². The summed E-state index contributed by atoms with van der Waals surface area (Å²) in [6.45, 7) is -0.0133. The highest BCUT2D eigenvalue weighted by Gasteiger charge is 2.18. The lowest BCUT2D eigenvalue weighted by Gasteiger charge is -2.09. The number of benzene rings is 2. The fourth-order valence-electron chi connectivity index (χ4n) is 2.75. The topological polar surface area (TPSA) is 97.8 Å². The van der Waals surface area contributed by atoms with Crippen molar-refractivity contribution in [2.75, 3.05) is 5.32 Å². The fourth-order valence-corrected chi connectivity index (χ4v) is 2.92. The number of carbonyl (C=O) groups excluding carboxylic acids is 1. The molecular weight excluding hydrogens is 423 g/mol. The minimum atomic E-state index is -0.543. The third-order valence-electron chi connectivity index (χ3n) is 4.25. The molecule has 4 rings (SSSR count). The summed E-state index contributed by atoms with van der Waals surface area (Å²) in [7, 11) is 0. The second-order valence-corrected chi connectivity index (χ2v) is 6.72. The normalized spacial score (nSPS) is 10.5. The predicted molar refractivity (Wildman–Crippen MR) is 110 cm³/mol. The van der Waals surface area contributed by atoms with E-state index in [0.29, 0.717) is 11.4 Å². The molecule has 2 heterocycles. The molecule has 4 aromatic rings. The van der Waals surface area contributed by atoms with Gasteiger partial charge in [0.1, 0.15) is 23.2 Å². The van der Waals surface area contributed by atoms with Gasteiger partial charge >= 0.3 is 0 Å². The smallest absolute Gasteiger partial charge is 0.277 e. The van der Waals surface area contributed by atoms with Gasteiger partial charge in [0.15, 0.2) is 18.2 Å². The standard InChI is InChI=1S/C21H14ClFN6O2/c22-17-10-16(6-7-18(17)23)31-13-28-9-8-19(27-28)21(30)26-20-14(11-24)12-25-29(20)15-4-2-1-3-5-15/h1-10,12H,13H2,(H,26,30). The summed E-state index contributed by atoms with van der Waals surface area (Å²) < 4.78 is 21.6. The van der Waals surface area contributed by atoms with Crippen LogP contribution in [-0.4, -0.2) is 25.5 Å². The van der Waals surface area contributed by atoms with Crippen LogP contribution in [0.5, 0.6) is 5.75 Å². The van der Waals surface area contributed by atoms with Crippen molar-refractivity contribution >= 4 is 23.3 Å². The van der Waals surface area contributed by atoms with Crippen LogP contribution in [0.25, 0.3) is 5.69 Å². The largest absolute Gasteiger partial charge is 0.471 e. The second kappa shape index (κ2) is 8.69. The van der Waals surface area contributed by atoms with Gasteiger partial charge in [-0.25, -0.2) is 13.8 Å². The van der Waals surface area contributed by atoms with Crippen LogP contribution in [0.2, 0.25) is 5.02 Å². The summed E-state index contributed by atoms with van der Waals surface area (Å²) in [5, 5.41) is 20.3. The average Bonchev–Trinajstić information content (AvgIpc) is 3.42. The minimum Gasteiger partial charge on any atom is -0.471 e. The van der Waals surface area contributed by atoms with E-state index in [1.165, 1.54) is 39.8 Å². The molecule has 0 aliphatic carbocycles. The SMILES string of the molecule is N#Cc1cnn(-c2ccccc2)c1NC(=O)c1ccn(COc2ccc(F)c(Cl)c2)n1. The highest BCUT2D eigenvalue weighted by atomic mass is 35.5.